The third-order valence-corrected chi connectivity index (χ3v) is 15.0. The third-order valence-electron chi connectivity index (χ3n) is 15.0. The number of aryl methyl sites for hydroxylation is 3. The van der Waals surface area contributed by atoms with E-state index in [4.69, 9.17) is 38.0 Å². The minimum Gasteiger partial charge on any atom is -0.477 e. The molecule has 39 nitrogen and oxygen atoms in total. The lowest BCUT2D eigenvalue weighted by atomic mass is 9.80. The number of aliphatic carboxylic acids is 2. The summed E-state index contributed by atoms with van der Waals surface area (Å²) in [4.78, 5) is 79.2. The van der Waals surface area contributed by atoms with E-state index < -0.39 is 171 Å². The fourth-order valence-electron chi connectivity index (χ4n) is 10.6. The zero-order valence-electron chi connectivity index (χ0n) is 49.9. The monoisotopic (exact) mass is 1310 g/mol. The topological polar surface area (TPSA) is 578 Å². The number of hydrogen-bond donors (Lipinski definition) is 16. The first-order valence-corrected chi connectivity index (χ1v) is 28.9. The predicted octanol–water partition coefficient (Wildman–Crippen LogP) is -8.62. The van der Waals surface area contributed by atoms with Gasteiger partial charge in [-0.05, 0) is 26.2 Å². The van der Waals surface area contributed by atoms with Gasteiger partial charge in [-0.2, -0.15) is 9.59 Å². The summed E-state index contributed by atoms with van der Waals surface area (Å²) in [5, 5.41) is 175. The second-order valence-electron chi connectivity index (χ2n) is 22.2. The molecule has 3 aromatic heterocycles. The molecule has 3 aromatic rings. The molecule has 512 valence electrons. The van der Waals surface area contributed by atoms with Crippen molar-refractivity contribution in [2.45, 2.75) is 208 Å². The molecule has 6 heterocycles. The lowest BCUT2D eigenvalue weighted by Crippen LogP contribution is -2.67. The quantitative estimate of drug-likeness (QED) is 0.0240. The first-order chi connectivity index (χ1) is 43.1. The first kappa shape index (κ1) is 75.3. The molecule has 2 amide bonds. The van der Waals surface area contributed by atoms with E-state index >= 15 is 0 Å². The van der Waals surface area contributed by atoms with E-state index in [1.165, 1.54) is 23.2 Å². The second kappa shape index (κ2) is 35.6. The Morgan fingerprint density at radius 3 is 1.41 bits per heavy atom. The largest absolute Gasteiger partial charge is 0.477 e. The van der Waals surface area contributed by atoms with Gasteiger partial charge in [0.05, 0.1) is 93.2 Å². The van der Waals surface area contributed by atoms with Crippen molar-refractivity contribution in [2.24, 2.45) is 5.92 Å². The van der Waals surface area contributed by atoms with E-state index in [2.05, 4.69) is 41.6 Å². The molecular weight excluding hydrogens is 1220 g/mol. The molecule has 10 unspecified atom stereocenters. The highest BCUT2D eigenvalue weighted by Gasteiger charge is 2.57. The van der Waals surface area contributed by atoms with E-state index in [9.17, 15) is 95.5 Å². The van der Waals surface area contributed by atoms with Crippen LogP contribution in [0.3, 0.4) is 0 Å². The fraction of sp³-hybridized carbons (Fsp3) is 0.769. The Morgan fingerprint density at radius 1 is 0.615 bits per heavy atom. The van der Waals surface area contributed by atoms with Gasteiger partial charge in [-0.1, -0.05) is 15.6 Å². The van der Waals surface area contributed by atoms with Crippen LogP contribution in [-0.2, 0) is 101 Å². The van der Waals surface area contributed by atoms with Gasteiger partial charge in [0.25, 0.3) is 11.6 Å². The lowest BCUT2D eigenvalue weighted by molar-refractivity contribution is -0.319. The number of hydrogen-bond acceptors (Lipinski definition) is 32. The van der Waals surface area contributed by atoms with Crippen molar-refractivity contribution in [1.29, 1.82) is 0 Å². The van der Waals surface area contributed by atoms with Crippen LogP contribution < -0.4 is 10.6 Å². The Bertz CT molecular complexity index is 2690. The molecule has 6 rings (SSSR count). The lowest BCUT2D eigenvalue weighted by Gasteiger charge is -2.46. The maximum Gasteiger partial charge on any atom is 0.373 e. The van der Waals surface area contributed by atoms with Crippen molar-refractivity contribution in [1.82, 2.24) is 60.5 Å². The second-order valence-corrected chi connectivity index (χ2v) is 22.2. The molecule has 3 fully saturated rings. The Balaban J connectivity index is 0.00000491. The van der Waals surface area contributed by atoms with Gasteiger partial charge < -0.3 is 115 Å². The molecule has 91 heavy (non-hydrogen) atoms. The summed E-state index contributed by atoms with van der Waals surface area (Å²) in [6.07, 6.45) is -16.9. The molecule has 0 spiro atoms. The zero-order valence-corrected chi connectivity index (χ0v) is 49.9. The van der Waals surface area contributed by atoms with Gasteiger partial charge in [0, 0.05) is 103 Å². The summed E-state index contributed by atoms with van der Waals surface area (Å²) in [7, 11) is 0. The number of ketones is 1. The Labute approximate surface area is 517 Å². The van der Waals surface area contributed by atoms with E-state index in [0.29, 0.717) is 23.5 Å². The van der Waals surface area contributed by atoms with Crippen LogP contribution in [0.1, 0.15) is 82.8 Å². The van der Waals surface area contributed by atoms with E-state index in [1.54, 1.807) is 23.3 Å². The number of aliphatic hydroxyl groups is 12. The highest BCUT2D eigenvalue weighted by Crippen LogP contribution is 2.39. The van der Waals surface area contributed by atoms with Crippen LogP contribution >= 0.6 is 0 Å². The number of aliphatic hydroxyl groups excluding tert-OH is 12. The SMILES string of the molecule is CC(=O)C[C@H]1C(C(O)C(O)CO)O[C@@](OCCCn2cc(CN(Cc3cn(CCCO[C@@H]4C[C@@H](O)[C@@H](NC(C)=O)C(C(O)C(O)CO)O4)nn3)Cc3cn(CCCO[C@@]4(C(=O)O)CC(O)[C@H](NC(C)=O)C(C(O)C(O)CO)O4)nn3)nn2)(C(=O)O)C[C@H]1O.O=C=O. The summed E-state index contributed by atoms with van der Waals surface area (Å²) < 4.78 is 39.0. The Kier molecular flexibility index (Phi) is 29.4. The average molecular weight is 1310 g/mol. The summed E-state index contributed by atoms with van der Waals surface area (Å²) >= 11 is 0. The van der Waals surface area contributed by atoms with Crippen LogP contribution in [0, 0.1) is 5.92 Å². The standard InChI is InChI=1S/C51H82N12O25.CO2/c1-26(67)13-32-34(71)15-50(48(79)80,87-45(32)42(76)36(73)23-64)84-11-5-8-62-21-30(55-58-62)18-60(17-29-20-61(57-54-29)7-4-10-83-39-14-33(70)40(52-27(2)68)46(86-39)43(77)37(74)24-65)19-31-22-63(59-56-31)9-6-12-85-51(49(81)82)16-35(72)41(53-28(3)69)47(88-51)44(78)38(75)25-66;2-1-3/h20-22,32-47,64-66,70-78H,4-19,23-25H2,1-3H3,(H,52,68)(H,53,69)(H,79,80)(H,81,82);/t32-,33-,34-,35?,36?,37?,38?,39+,40-,41+,42?,43?,44?,45?,46?,47?,50-,51+;/m1./s1. The number of rotatable bonds is 36. The van der Waals surface area contributed by atoms with Crippen molar-refractivity contribution in [3.8, 4) is 0 Å². The molecular formula is C52H82N12O27. The number of ether oxygens (including phenoxy) is 6. The van der Waals surface area contributed by atoms with Gasteiger partial charge in [-0.25, -0.2) is 9.59 Å². The molecule has 3 saturated heterocycles. The van der Waals surface area contributed by atoms with E-state index in [-0.39, 0.29) is 90.9 Å². The molecule has 0 radical (unpaired) electrons. The minimum absolute atomic E-state index is 0.0676. The molecule has 3 aliphatic rings. The highest BCUT2D eigenvalue weighted by atomic mass is 16.7. The van der Waals surface area contributed by atoms with Gasteiger partial charge in [0.1, 0.15) is 54.6 Å². The smallest absolute Gasteiger partial charge is 0.373 e. The Morgan fingerprint density at radius 2 is 1.00 bits per heavy atom. The molecule has 0 aliphatic carbocycles. The van der Waals surface area contributed by atoms with Crippen LogP contribution in [0.25, 0.3) is 0 Å². The van der Waals surface area contributed by atoms with Crippen molar-refractivity contribution < 1.29 is 133 Å². The minimum atomic E-state index is -2.55. The predicted molar refractivity (Wildman–Crippen MR) is 292 cm³/mol. The molecule has 0 bridgehead atoms. The molecule has 18 atom stereocenters. The van der Waals surface area contributed by atoms with Crippen LogP contribution in [0.15, 0.2) is 18.6 Å². The van der Waals surface area contributed by atoms with Gasteiger partial charge >= 0.3 is 18.1 Å². The highest BCUT2D eigenvalue weighted by molar-refractivity contribution is 5.78. The summed E-state index contributed by atoms with van der Waals surface area (Å²) in [6.45, 7) is 1.23. The number of carbonyl (C=O) groups excluding carboxylic acids is 5. The van der Waals surface area contributed by atoms with Gasteiger partial charge in [0.15, 0.2) is 6.29 Å². The molecule has 3 aliphatic heterocycles. The van der Waals surface area contributed by atoms with Crippen molar-refractivity contribution in [3.05, 3.63) is 35.7 Å². The van der Waals surface area contributed by atoms with Crippen LogP contribution in [0.5, 0.6) is 0 Å². The molecule has 39 heteroatoms. The number of carbonyl (C=O) groups is 5. The van der Waals surface area contributed by atoms with Crippen LogP contribution in [-0.4, -0.2) is 300 Å². The van der Waals surface area contributed by atoms with Crippen molar-refractivity contribution in [2.75, 3.05) is 39.6 Å². The average Bonchev–Trinajstić information content (AvgIpc) is 1.52. The van der Waals surface area contributed by atoms with Gasteiger partial charge in [-0.3, -0.25) is 28.5 Å². The molecule has 0 saturated carbocycles. The summed E-state index contributed by atoms with van der Waals surface area (Å²) in [5.41, 5.74) is 1.37. The number of amides is 2. The molecule has 0 aromatic carbocycles. The van der Waals surface area contributed by atoms with Crippen LogP contribution in [0.2, 0.25) is 0 Å². The normalized spacial score (nSPS) is 27.9. The summed E-state index contributed by atoms with van der Waals surface area (Å²) in [6, 6.07) is -2.49. The van der Waals surface area contributed by atoms with Crippen molar-refractivity contribution >= 4 is 35.7 Å². The fourth-order valence-corrected chi connectivity index (χ4v) is 10.6. The van der Waals surface area contributed by atoms with E-state index in [1.807, 2.05) is 4.90 Å². The Hall–Kier alpha value is -6.41. The number of nitrogens with zero attached hydrogens (tertiary/aromatic N) is 10. The van der Waals surface area contributed by atoms with Crippen molar-refractivity contribution in [3.63, 3.8) is 0 Å². The number of Topliss-reactive ketones (excluding diaryl/α,β-unsaturated/α-hetero) is 1. The van der Waals surface area contributed by atoms with Gasteiger partial charge in [-0.15, -0.1) is 15.3 Å². The number of nitrogens with one attached hydrogen (secondary N) is 2. The van der Waals surface area contributed by atoms with E-state index in [0.717, 1.165) is 6.92 Å². The zero-order chi connectivity index (χ0) is 67.3. The third kappa shape index (κ3) is 21.3. The summed E-state index contributed by atoms with van der Waals surface area (Å²) in [5.74, 6) is -11.1. The molecule has 16 N–H and O–H groups in total. The first-order valence-electron chi connectivity index (χ1n) is 28.9. The number of carboxylic acids is 2. The van der Waals surface area contributed by atoms with Gasteiger partial charge in [0.2, 0.25) is 11.8 Å². The number of carboxylic acid groups (broad SMARTS) is 2. The maximum absolute atomic E-state index is 12.7. The number of aromatic nitrogens is 9. The maximum atomic E-state index is 12.7. The van der Waals surface area contributed by atoms with Crippen LogP contribution in [0.4, 0.5) is 0 Å².